The predicted molar refractivity (Wildman–Crippen MR) is 128 cm³/mol. The van der Waals surface area contributed by atoms with Crippen molar-refractivity contribution < 1.29 is 22.7 Å². The highest BCUT2D eigenvalue weighted by atomic mass is 35.5. The lowest BCUT2D eigenvalue weighted by Gasteiger charge is -2.25. The molecule has 1 aliphatic rings. The minimum absolute atomic E-state index is 0.0243. The molecule has 0 spiro atoms. The third-order valence-electron chi connectivity index (χ3n) is 4.90. The molecule has 0 aromatic heterocycles. The second-order valence-corrected chi connectivity index (χ2v) is 10.0. The number of rotatable bonds is 6. The number of sulfonamides is 1. The molecule has 1 heterocycles. The van der Waals surface area contributed by atoms with Crippen molar-refractivity contribution in [1.29, 1.82) is 0 Å². The Bertz CT molecular complexity index is 1300. The summed E-state index contributed by atoms with van der Waals surface area (Å²) < 4.78 is 38.9. The Balaban J connectivity index is 1.65. The molecule has 3 aromatic rings. The molecule has 0 fully saturated rings. The lowest BCUT2D eigenvalue weighted by Crippen LogP contribution is -2.38. The van der Waals surface area contributed by atoms with E-state index in [2.05, 4.69) is 5.32 Å². The maximum atomic E-state index is 13.5. The Labute approximate surface area is 201 Å². The average Bonchev–Trinajstić information content (AvgIpc) is 2.79. The van der Waals surface area contributed by atoms with Crippen LogP contribution in [0, 0.1) is 6.92 Å². The summed E-state index contributed by atoms with van der Waals surface area (Å²) in [5, 5.41) is 3.13. The van der Waals surface area contributed by atoms with Gasteiger partial charge in [-0.2, -0.15) is 0 Å². The number of nitrogens with zero attached hydrogens (tertiary/aromatic N) is 1. The first-order valence-corrected chi connectivity index (χ1v) is 12.2. The van der Waals surface area contributed by atoms with E-state index in [0.29, 0.717) is 30.4 Å². The van der Waals surface area contributed by atoms with Gasteiger partial charge in [0.1, 0.15) is 19.8 Å². The highest BCUT2D eigenvalue weighted by Gasteiger charge is 2.29. The maximum absolute atomic E-state index is 13.5. The van der Waals surface area contributed by atoms with Crippen molar-refractivity contribution >= 4 is 50.5 Å². The van der Waals surface area contributed by atoms with Crippen LogP contribution in [0.1, 0.15) is 5.56 Å². The zero-order valence-electron chi connectivity index (χ0n) is 17.5. The molecular weight excluding hydrogens is 487 g/mol. The van der Waals surface area contributed by atoms with Crippen molar-refractivity contribution in [2.45, 2.75) is 11.8 Å². The van der Waals surface area contributed by atoms with Crippen LogP contribution in [0.5, 0.6) is 11.5 Å². The monoisotopic (exact) mass is 506 g/mol. The predicted octanol–water partition coefficient (Wildman–Crippen LogP) is 4.91. The fourth-order valence-electron chi connectivity index (χ4n) is 3.27. The van der Waals surface area contributed by atoms with Crippen LogP contribution >= 0.6 is 23.2 Å². The average molecular weight is 507 g/mol. The SMILES string of the molecule is Cc1ccc(S(=O)(=O)N(CC(=O)Nc2ccc3c(c2)OCCO3)c2cc(Cl)ccc2Cl)cc1. The molecule has 0 bridgehead atoms. The van der Waals surface area contributed by atoms with Gasteiger partial charge in [-0.05, 0) is 49.4 Å². The van der Waals surface area contributed by atoms with Gasteiger partial charge < -0.3 is 14.8 Å². The molecule has 0 saturated heterocycles. The normalized spacial score (nSPS) is 12.8. The molecule has 0 atom stereocenters. The maximum Gasteiger partial charge on any atom is 0.264 e. The number of aryl methyl sites for hydroxylation is 1. The van der Waals surface area contributed by atoms with Crippen LogP contribution in [0.3, 0.4) is 0 Å². The van der Waals surface area contributed by atoms with Crippen molar-refractivity contribution in [2.75, 3.05) is 29.4 Å². The smallest absolute Gasteiger partial charge is 0.264 e. The van der Waals surface area contributed by atoms with E-state index in [0.717, 1.165) is 9.87 Å². The van der Waals surface area contributed by atoms with Gasteiger partial charge >= 0.3 is 0 Å². The summed E-state index contributed by atoms with van der Waals surface area (Å²) in [6, 6.07) is 15.7. The van der Waals surface area contributed by atoms with Gasteiger partial charge in [-0.1, -0.05) is 40.9 Å². The first kappa shape index (κ1) is 23.2. The number of hydrogen-bond donors (Lipinski definition) is 1. The molecule has 3 aromatic carbocycles. The van der Waals surface area contributed by atoms with E-state index in [9.17, 15) is 13.2 Å². The van der Waals surface area contributed by atoms with Gasteiger partial charge in [0, 0.05) is 16.8 Å². The van der Waals surface area contributed by atoms with Crippen LogP contribution < -0.4 is 19.1 Å². The summed E-state index contributed by atoms with van der Waals surface area (Å²) >= 11 is 12.4. The molecule has 0 radical (unpaired) electrons. The van der Waals surface area contributed by atoms with Crippen molar-refractivity contribution in [3.8, 4) is 11.5 Å². The van der Waals surface area contributed by atoms with E-state index in [1.165, 1.54) is 24.3 Å². The van der Waals surface area contributed by atoms with E-state index in [1.54, 1.807) is 36.4 Å². The number of fused-ring (bicyclic) bond motifs is 1. The van der Waals surface area contributed by atoms with Gasteiger partial charge in [-0.3, -0.25) is 9.10 Å². The minimum Gasteiger partial charge on any atom is -0.486 e. The van der Waals surface area contributed by atoms with Crippen LogP contribution in [-0.2, 0) is 14.8 Å². The highest BCUT2D eigenvalue weighted by Crippen LogP contribution is 2.34. The summed E-state index contributed by atoms with van der Waals surface area (Å²) in [4.78, 5) is 13.0. The molecule has 0 aliphatic carbocycles. The molecular formula is C23H20Cl2N2O5S. The number of amides is 1. The summed E-state index contributed by atoms with van der Waals surface area (Å²) in [7, 11) is -4.13. The van der Waals surface area contributed by atoms with Crippen molar-refractivity contribution in [1.82, 2.24) is 0 Å². The largest absolute Gasteiger partial charge is 0.486 e. The lowest BCUT2D eigenvalue weighted by molar-refractivity contribution is -0.114. The van der Waals surface area contributed by atoms with E-state index in [-0.39, 0.29) is 20.6 Å². The standard InChI is InChI=1S/C23H20Cl2N2O5S/c1-15-2-6-18(7-3-15)33(29,30)27(20-12-16(24)4-8-19(20)25)14-23(28)26-17-5-9-21-22(13-17)32-11-10-31-21/h2-9,12-13H,10-11,14H2,1H3,(H,26,28). The zero-order valence-corrected chi connectivity index (χ0v) is 19.9. The van der Waals surface area contributed by atoms with Crippen LogP contribution in [0.2, 0.25) is 10.0 Å². The highest BCUT2D eigenvalue weighted by molar-refractivity contribution is 7.92. The second-order valence-electron chi connectivity index (χ2n) is 7.33. The fraction of sp³-hybridized carbons (Fsp3) is 0.174. The molecule has 1 aliphatic heterocycles. The van der Waals surface area contributed by atoms with E-state index >= 15 is 0 Å². The minimum atomic E-state index is -4.13. The summed E-state index contributed by atoms with van der Waals surface area (Å²) in [6.45, 7) is 2.18. The number of carbonyl (C=O) groups is 1. The van der Waals surface area contributed by atoms with Crippen molar-refractivity contribution in [3.63, 3.8) is 0 Å². The number of anilines is 2. The van der Waals surface area contributed by atoms with Gasteiger partial charge in [-0.25, -0.2) is 8.42 Å². The van der Waals surface area contributed by atoms with Gasteiger partial charge in [-0.15, -0.1) is 0 Å². The summed E-state index contributed by atoms with van der Waals surface area (Å²) in [6.07, 6.45) is 0. The molecule has 33 heavy (non-hydrogen) atoms. The first-order valence-electron chi connectivity index (χ1n) is 9.98. The number of ether oxygens (including phenoxy) is 2. The summed E-state index contributed by atoms with van der Waals surface area (Å²) in [5.74, 6) is 0.507. The van der Waals surface area contributed by atoms with Crippen molar-refractivity contribution in [3.05, 3.63) is 76.3 Å². The second kappa shape index (κ2) is 9.51. The quantitative estimate of drug-likeness (QED) is 0.513. The Kier molecular flexibility index (Phi) is 6.69. The number of nitrogens with one attached hydrogen (secondary N) is 1. The van der Waals surface area contributed by atoms with Gasteiger partial charge in [0.25, 0.3) is 10.0 Å². The Hall–Kier alpha value is -2.94. The first-order chi connectivity index (χ1) is 15.7. The number of carbonyl (C=O) groups excluding carboxylic acids is 1. The molecule has 7 nitrogen and oxygen atoms in total. The molecule has 0 unspecified atom stereocenters. The Morgan fingerprint density at radius 3 is 2.39 bits per heavy atom. The Morgan fingerprint density at radius 2 is 1.67 bits per heavy atom. The van der Waals surface area contributed by atoms with Gasteiger partial charge in [0.2, 0.25) is 5.91 Å². The van der Waals surface area contributed by atoms with Gasteiger partial charge in [0.15, 0.2) is 11.5 Å². The number of benzene rings is 3. The van der Waals surface area contributed by atoms with Crippen LogP contribution in [0.25, 0.3) is 0 Å². The van der Waals surface area contributed by atoms with E-state index < -0.39 is 22.5 Å². The van der Waals surface area contributed by atoms with Crippen molar-refractivity contribution in [2.24, 2.45) is 0 Å². The summed E-state index contributed by atoms with van der Waals surface area (Å²) in [5.41, 5.74) is 1.44. The zero-order chi connectivity index (χ0) is 23.6. The Morgan fingerprint density at radius 1 is 0.970 bits per heavy atom. The van der Waals surface area contributed by atoms with Crippen LogP contribution in [0.4, 0.5) is 11.4 Å². The lowest BCUT2D eigenvalue weighted by atomic mass is 10.2. The molecule has 172 valence electrons. The third-order valence-corrected chi connectivity index (χ3v) is 7.23. The number of halogens is 2. The third kappa shape index (κ3) is 5.19. The topological polar surface area (TPSA) is 84.9 Å². The molecule has 1 amide bonds. The van der Waals surface area contributed by atoms with Gasteiger partial charge in [0.05, 0.1) is 15.6 Å². The van der Waals surface area contributed by atoms with E-state index in [4.69, 9.17) is 32.7 Å². The molecule has 1 N–H and O–H groups in total. The van der Waals surface area contributed by atoms with Crippen LogP contribution in [-0.4, -0.2) is 34.1 Å². The fourth-order valence-corrected chi connectivity index (χ4v) is 5.13. The van der Waals surface area contributed by atoms with E-state index in [1.807, 2.05) is 6.92 Å². The van der Waals surface area contributed by atoms with Crippen LogP contribution in [0.15, 0.2) is 65.6 Å². The molecule has 10 heteroatoms. The number of hydrogen-bond acceptors (Lipinski definition) is 5. The molecule has 4 rings (SSSR count). The molecule has 0 saturated carbocycles.